The maximum atomic E-state index is 4.66. The Morgan fingerprint density at radius 1 is 0.955 bits per heavy atom. The molecular weight excluding hydrogens is 290 g/mol. The number of thioether (sulfide) groups is 1. The summed E-state index contributed by atoms with van der Waals surface area (Å²) >= 11 is 1.73. The molecule has 4 heteroatoms. The molecule has 0 radical (unpaired) electrons. The van der Waals surface area contributed by atoms with Crippen molar-refractivity contribution in [2.45, 2.75) is 24.1 Å². The van der Waals surface area contributed by atoms with E-state index in [1.807, 2.05) is 24.3 Å². The summed E-state index contributed by atoms with van der Waals surface area (Å²) in [5, 5.41) is 0.997. The molecule has 0 saturated carbocycles. The third kappa shape index (κ3) is 3.71. The highest BCUT2D eigenvalue weighted by molar-refractivity contribution is 7.98. The van der Waals surface area contributed by atoms with Gasteiger partial charge in [-0.2, -0.15) is 0 Å². The third-order valence-electron chi connectivity index (χ3n) is 3.24. The molecule has 110 valence electrons. The minimum atomic E-state index is 0.704. The highest BCUT2D eigenvalue weighted by atomic mass is 32.2. The Kier molecular flexibility index (Phi) is 4.81. The summed E-state index contributed by atoms with van der Waals surface area (Å²) in [6, 6.07) is 18.3. The molecule has 1 aromatic carbocycles. The Balaban J connectivity index is 1.85. The van der Waals surface area contributed by atoms with Crippen LogP contribution in [0.15, 0.2) is 65.8 Å². The fourth-order valence-electron chi connectivity index (χ4n) is 2.07. The van der Waals surface area contributed by atoms with Crippen molar-refractivity contribution in [3.05, 3.63) is 72.1 Å². The number of rotatable bonds is 5. The van der Waals surface area contributed by atoms with Crippen molar-refractivity contribution in [3.8, 4) is 11.5 Å². The molecular formula is C18H17N3S. The largest absolute Gasteiger partial charge is 0.253 e. The molecule has 0 atom stereocenters. The predicted molar refractivity (Wildman–Crippen MR) is 90.6 cm³/mol. The summed E-state index contributed by atoms with van der Waals surface area (Å²) in [4.78, 5) is 13.6. The summed E-state index contributed by atoms with van der Waals surface area (Å²) in [5.74, 6) is 1.61. The van der Waals surface area contributed by atoms with Gasteiger partial charge in [-0.25, -0.2) is 9.97 Å². The lowest BCUT2D eigenvalue weighted by atomic mass is 10.2. The highest BCUT2D eigenvalue weighted by Crippen LogP contribution is 2.24. The van der Waals surface area contributed by atoms with Gasteiger partial charge in [-0.15, -0.1) is 11.8 Å². The first-order valence-corrected chi connectivity index (χ1v) is 8.30. The topological polar surface area (TPSA) is 38.7 Å². The number of aryl methyl sites for hydroxylation is 1. The fourth-order valence-corrected chi connectivity index (χ4v) is 2.95. The van der Waals surface area contributed by atoms with Crippen LogP contribution in [0.5, 0.6) is 0 Å². The summed E-state index contributed by atoms with van der Waals surface area (Å²) in [6.45, 7) is 2.11. The molecule has 0 aliphatic heterocycles. The van der Waals surface area contributed by atoms with Crippen LogP contribution in [0.25, 0.3) is 11.5 Å². The van der Waals surface area contributed by atoms with Crippen molar-refractivity contribution in [2.24, 2.45) is 0 Å². The highest BCUT2D eigenvalue weighted by Gasteiger charge is 2.07. The Morgan fingerprint density at radius 2 is 1.77 bits per heavy atom. The second-order valence-electron chi connectivity index (χ2n) is 4.86. The van der Waals surface area contributed by atoms with Crippen LogP contribution in [-0.2, 0) is 12.2 Å². The number of pyridine rings is 1. The maximum absolute atomic E-state index is 4.66. The summed E-state index contributed by atoms with van der Waals surface area (Å²) in [5.41, 5.74) is 3.16. The molecule has 3 aromatic rings. The molecule has 0 amide bonds. The zero-order chi connectivity index (χ0) is 15.2. The van der Waals surface area contributed by atoms with Crippen molar-refractivity contribution >= 4 is 11.8 Å². The smallest absolute Gasteiger partial charge is 0.179 e. The first-order valence-electron chi connectivity index (χ1n) is 7.31. The molecule has 0 bridgehead atoms. The van der Waals surface area contributed by atoms with Crippen molar-refractivity contribution < 1.29 is 0 Å². The minimum Gasteiger partial charge on any atom is -0.253 e. The van der Waals surface area contributed by atoms with Crippen molar-refractivity contribution in [2.75, 3.05) is 0 Å². The second-order valence-corrected chi connectivity index (χ2v) is 5.86. The minimum absolute atomic E-state index is 0.704. The van der Waals surface area contributed by atoms with E-state index in [0.717, 1.165) is 28.6 Å². The van der Waals surface area contributed by atoms with E-state index in [1.54, 1.807) is 18.0 Å². The van der Waals surface area contributed by atoms with E-state index in [0.29, 0.717) is 5.82 Å². The van der Waals surface area contributed by atoms with Crippen LogP contribution >= 0.6 is 11.8 Å². The van der Waals surface area contributed by atoms with E-state index in [9.17, 15) is 0 Å². The van der Waals surface area contributed by atoms with Gasteiger partial charge in [-0.3, -0.25) is 4.98 Å². The lowest BCUT2D eigenvalue weighted by Crippen LogP contribution is -1.98. The molecule has 0 fully saturated rings. The quantitative estimate of drug-likeness (QED) is 0.517. The lowest BCUT2D eigenvalue weighted by Gasteiger charge is -2.07. The van der Waals surface area contributed by atoms with E-state index in [2.05, 4.69) is 52.2 Å². The Bertz CT molecular complexity index is 730. The molecule has 0 spiro atoms. The fraction of sp³-hybridized carbons (Fsp3) is 0.167. The number of nitrogens with zero attached hydrogens (tertiary/aromatic N) is 3. The van der Waals surface area contributed by atoms with Gasteiger partial charge in [0.25, 0.3) is 0 Å². The normalized spacial score (nSPS) is 10.6. The summed E-state index contributed by atoms with van der Waals surface area (Å²) in [6.07, 6.45) is 2.66. The monoisotopic (exact) mass is 307 g/mol. The SMILES string of the molecule is CCc1cc(SCc2ccccc2)nc(-c2ccccn2)n1. The third-order valence-corrected chi connectivity index (χ3v) is 4.22. The molecule has 3 nitrogen and oxygen atoms in total. The second kappa shape index (κ2) is 7.18. The molecule has 0 aliphatic rings. The number of hydrogen-bond acceptors (Lipinski definition) is 4. The predicted octanol–water partition coefficient (Wildman–Crippen LogP) is 4.39. The standard InChI is InChI=1S/C18H17N3S/c1-2-15-12-17(22-13-14-8-4-3-5-9-14)21-18(20-15)16-10-6-7-11-19-16/h3-12H,2,13H2,1H3. The van der Waals surface area contributed by atoms with Crippen LogP contribution in [0.1, 0.15) is 18.2 Å². The average Bonchev–Trinajstić information content (AvgIpc) is 2.61. The molecule has 22 heavy (non-hydrogen) atoms. The zero-order valence-corrected chi connectivity index (χ0v) is 13.3. The maximum Gasteiger partial charge on any atom is 0.179 e. The van der Waals surface area contributed by atoms with Gasteiger partial charge in [-0.1, -0.05) is 43.3 Å². The van der Waals surface area contributed by atoms with Crippen LogP contribution in [0, 0.1) is 0 Å². The van der Waals surface area contributed by atoms with Gasteiger partial charge >= 0.3 is 0 Å². The number of hydrogen-bond donors (Lipinski definition) is 0. The van der Waals surface area contributed by atoms with Gasteiger partial charge in [0.15, 0.2) is 5.82 Å². The Morgan fingerprint density at radius 3 is 2.50 bits per heavy atom. The van der Waals surface area contributed by atoms with Gasteiger partial charge < -0.3 is 0 Å². The van der Waals surface area contributed by atoms with Gasteiger partial charge in [0.05, 0.1) is 0 Å². The van der Waals surface area contributed by atoms with Crippen LogP contribution in [0.2, 0.25) is 0 Å². The van der Waals surface area contributed by atoms with E-state index in [4.69, 9.17) is 0 Å². The van der Waals surface area contributed by atoms with Crippen LogP contribution in [0.4, 0.5) is 0 Å². The van der Waals surface area contributed by atoms with Crippen molar-refractivity contribution in [1.29, 1.82) is 0 Å². The van der Waals surface area contributed by atoms with E-state index >= 15 is 0 Å². The van der Waals surface area contributed by atoms with Crippen LogP contribution in [-0.4, -0.2) is 15.0 Å². The van der Waals surface area contributed by atoms with Crippen LogP contribution < -0.4 is 0 Å². The average molecular weight is 307 g/mol. The first-order chi connectivity index (χ1) is 10.8. The summed E-state index contributed by atoms with van der Waals surface area (Å²) < 4.78 is 0. The van der Waals surface area contributed by atoms with Gasteiger partial charge in [-0.05, 0) is 30.2 Å². The number of benzene rings is 1. The summed E-state index contributed by atoms with van der Waals surface area (Å²) in [7, 11) is 0. The molecule has 3 rings (SSSR count). The van der Waals surface area contributed by atoms with Crippen LogP contribution in [0.3, 0.4) is 0 Å². The number of aromatic nitrogens is 3. The molecule has 0 aliphatic carbocycles. The molecule has 2 aromatic heterocycles. The van der Waals surface area contributed by atoms with Gasteiger partial charge in [0, 0.05) is 17.6 Å². The van der Waals surface area contributed by atoms with E-state index < -0.39 is 0 Å². The molecule has 0 saturated heterocycles. The first kappa shape index (κ1) is 14.7. The molecule has 2 heterocycles. The lowest BCUT2D eigenvalue weighted by molar-refractivity contribution is 0.948. The van der Waals surface area contributed by atoms with Crippen molar-refractivity contribution in [3.63, 3.8) is 0 Å². The van der Waals surface area contributed by atoms with E-state index in [-0.39, 0.29) is 0 Å². The Labute approximate surface area is 134 Å². The molecule has 0 unspecified atom stereocenters. The molecule has 0 N–H and O–H groups in total. The van der Waals surface area contributed by atoms with Gasteiger partial charge in [0.2, 0.25) is 0 Å². The van der Waals surface area contributed by atoms with Gasteiger partial charge in [0.1, 0.15) is 10.7 Å². The van der Waals surface area contributed by atoms with E-state index in [1.165, 1.54) is 5.56 Å². The van der Waals surface area contributed by atoms with Crippen molar-refractivity contribution in [1.82, 2.24) is 15.0 Å². The Hall–Kier alpha value is -2.20. The zero-order valence-electron chi connectivity index (χ0n) is 12.4.